The topological polar surface area (TPSA) is 62.4 Å². The maximum absolute atomic E-state index is 13.5. The largest absolute Gasteiger partial charge is 0.456 e. The predicted molar refractivity (Wildman–Crippen MR) is 119 cm³/mol. The number of hydrogen-bond acceptors (Lipinski definition) is 3. The van der Waals surface area contributed by atoms with E-state index >= 15 is 0 Å². The van der Waals surface area contributed by atoms with Crippen LogP contribution in [0, 0.1) is 0 Å². The third kappa shape index (κ3) is 5.55. The number of rotatable bonds is 7. The molecule has 0 saturated heterocycles. The van der Waals surface area contributed by atoms with Crippen LogP contribution < -0.4 is 15.9 Å². The molecule has 0 aromatic heterocycles. The van der Waals surface area contributed by atoms with Crippen molar-refractivity contribution >= 4 is 36.1 Å². The van der Waals surface area contributed by atoms with E-state index in [1.54, 1.807) is 11.6 Å². The first-order valence-electron chi connectivity index (χ1n) is 9.24. The fourth-order valence-electron chi connectivity index (χ4n) is 2.65. The summed E-state index contributed by atoms with van der Waals surface area (Å²) in [5.74, 6) is 4.33. The van der Waals surface area contributed by atoms with Gasteiger partial charge in [0, 0.05) is 29.3 Å². The second kappa shape index (κ2) is 9.69. The molecule has 0 amide bonds. The third-order valence-electron chi connectivity index (χ3n) is 4.11. The van der Waals surface area contributed by atoms with E-state index < -0.39 is 7.29 Å². The molecule has 2 aromatic rings. The third-order valence-corrected chi connectivity index (χ3v) is 6.06. The van der Waals surface area contributed by atoms with E-state index in [1.165, 1.54) is 0 Å². The van der Waals surface area contributed by atoms with Gasteiger partial charge < -0.3 is 10.1 Å². The Morgan fingerprint density at radius 3 is 2.00 bits per heavy atom. The van der Waals surface area contributed by atoms with Crippen LogP contribution in [-0.2, 0) is 9.30 Å². The van der Waals surface area contributed by atoms with Crippen molar-refractivity contribution in [2.45, 2.75) is 19.8 Å². The summed E-state index contributed by atoms with van der Waals surface area (Å²) >= 11 is 5.25. The highest BCUT2D eigenvalue weighted by atomic mass is 32.1. The van der Waals surface area contributed by atoms with Crippen LogP contribution in [0.5, 0.6) is 0 Å². The molecule has 3 rings (SSSR count). The number of benzene rings is 2. The Morgan fingerprint density at radius 1 is 0.964 bits per heavy atom. The fraction of sp³-hybridized carbons (Fsp3) is 0.190. The van der Waals surface area contributed by atoms with Crippen LogP contribution in [0.25, 0.3) is 11.5 Å². The summed E-state index contributed by atoms with van der Waals surface area (Å²) in [6, 6.07) is 19.2. The van der Waals surface area contributed by atoms with Crippen molar-refractivity contribution < 1.29 is 9.30 Å². The minimum atomic E-state index is -3.09. The minimum Gasteiger partial charge on any atom is -0.456 e. The molecule has 7 heteroatoms. The highest BCUT2D eigenvalue weighted by Gasteiger charge is 2.27. The van der Waals surface area contributed by atoms with Gasteiger partial charge in [-0.25, -0.2) is 0 Å². The monoisotopic (exact) mass is 413 g/mol. The van der Waals surface area contributed by atoms with E-state index in [4.69, 9.17) is 17.0 Å². The van der Waals surface area contributed by atoms with Crippen molar-refractivity contribution in [2.75, 3.05) is 6.54 Å². The second-order valence-electron chi connectivity index (χ2n) is 6.38. The van der Waals surface area contributed by atoms with Gasteiger partial charge in [0.25, 0.3) is 0 Å². The van der Waals surface area contributed by atoms with Crippen LogP contribution in [0.2, 0.25) is 0 Å². The van der Waals surface area contributed by atoms with Gasteiger partial charge in [0.2, 0.25) is 7.29 Å². The SMILES string of the molecule is CCCCNC(=S)NNP1(=O)C=C(c2ccccc2)OC(c2ccccc2)=C1. The molecule has 0 radical (unpaired) electrons. The molecule has 1 heterocycles. The number of unbranched alkanes of at least 4 members (excludes halogenated alkanes) is 1. The Morgan fingerprint density at radius 2 is 1.50 bits per heavy atom. The zero-order valence-corrected chi connectivity index (χ0v) is 17.4. The Labute approximate surface area is 171 Å². The lowest BCUT2D eigenvalue weighted by atomic mass is 10.2. The van der Waals surface area contributed by atoms with Crippen molar-refractivity contribution in [3.05, 3.63) is 83.4 Å². The molecule has 0 fully saturated rings. The normalized spacial score (nSPS) is 15.0. The molecular formula is C21H24N3O2PS. The molecule has 28 heavy (non-hydrogen) atoms. The molecule has 0 saturated carbocycles. The van der Waals surface area contributed by atoms with Gasteiger partial charge in [0.1, 0.15) is 11.5 Å². The van der Waals surface area contributed by atoms with E-state index in [9.17, 15) is 4.57 Å². The van der Waals surface area contributed by atoms with Crippen molar-refractivity contribution in [3.63, 3.8) is 0 Å². The first kappa shape index (κ1) is 20.3. The van der Waals surface area contributed by atoms with Gasteiger partial charge >= 0.3 is 0 Å². The lowest BCUT2D eigenvalue weighted by molar-refractivity contribution is 0.468. The molecule has 5 nitrogen and oxygen atoms in total. The summed E-state index contributed by atoms with van der Waals surface area (Å²) in [4.78, 5) is 0. The molecular weight excluding hydrogens is 389 g/mol. The van der Waals surface area contributed by atoms with Gasteiger partial charge in [0.05, 0.1) is 0 Å². The lowest BCUT2D eigenvalue weighted by Crippen LogP contribution is -2.42. The smallest absolute Gasteiger partial charge is 0.215 e. The Kier molecular flexibility index (Phi) is 7.04. The standard InChI is InChI=1S/C21H24N3O2PS/c1-2-3-14-22-21(28)23-24-27(25)15-19(17-10-6-4-7-11-17)26-20(16-27)18-12-8-5-9-13-18/h4-13,15-16H,2-3,14H2,1H3,(H,24,25)(H2,22,23,28). The molecule has 3 N–H and O–H groups in total. The summed E-state index contributed by atoms with van der Waals surface area (Å²) in [5.41, 5.74) is 4.57. The van der Waals surface area contributed by atoms with Gasteiger partial charge in [-0.15, -0.1) is 0 Å². The summed E-state index contributed by atoms with van der Waals surface area (Å²) in [5, 5.41) is 6.40. The Bertz CT molecular complexity index is 854. The van der Waals surface area contributed by atoms with Gasteiger partial charge in [-0.3, -0.25) is 9.99 Å². The average Bonchev–Trinajstić information content (AvgIpc) is 2.73. The molecule has 1 aliphatic heterocycles. The molecule has 0 bridgehead atoms. The van der Waals surface area contributed by atoms with Crippen molar-refractivity contribution in [3.8, 4) is 0 Å². The number of thiocarbonyl (C=S) groups is 1. The minimum absolute atomic E-state index is 0.416. The van der Waals surface area contributed by atoms with Crippen LogP contribution in [0.4, 0.5) is 0 Å². The molecule has 0 unspecified atom stereocenters. The Hall–Kier alpha value is -2.40. The van der Waals surface area contributed by atoms with Gasteiger partial charge in [-0.1, -0.05) is 74.0 Å². The first-order chi connectivity index (χ1) is 13.6. The molecule has 0 spiro atoms. The van der Waals surface area contributed by atoms with Gasteiger partial charge in [-0.05, 0) is 18.6 Å². The predicted octanol–water partition coefficient (Wildman–Crippen LogP) is 5.06. The summed E-state index contributed by atoms with van der Waals surface area (Å²) in [7, 11) is -3.09. The van der Waals surface area contributed by atoms with E-state index in [1.807, 2.05) is 60.7 Å². The summed E-state index contributed by atoms with van der Waals surface area (Å²) in [6.45, 7) is 2.88. The maximum atomic E-state index is 13.5. The van der Waals surface area contributed by atoms with Crippen LogP contribution >= 0.6 is 19.5 Å². The fourth-order valence-corrected chi connectivity index (χ4v) is 4.47. The van der Waals surface area contributed by atoms with Gasteiger partial charge in [-0.2, -0.15) is 5.20 Å². The van der Waals surface area contributed by atoms with Crippen molar-refractivity contribution in [2.24, 2.45) is 0 Å². The number of hydrogen-bond donors (Lipinski definition) is 3. The molecule has 0 atom stereocenters. The Balaban J connectivity index is 1.83. The zero-order chi connectivity index (χ0) is 19.8. The van der Waals surface area contributed by atoms with E-state index in [0.717, 1.165) is 30.5 Å². The molecule has 2 aromatic carbocycles. The number of nitrogens with one attached hydrogen (secondary N) is 3. The maximum Gasteiger partial charge on any atom is 0.215 e. The number of hydrazine groups is 1. The van der Waals surface area contributed by atoms with E-state index in [2.05, 4.69) is 22.9 Å². The summed E-state index contributed by atoms with van der Waals surface area (Å²) < 4.78 is 19.6. The highest BCUT2D eigenvalue weighted by Crippen LogP contribution is 2.52. The van der Waals surface area contributed by atoms with Crippen LogP contribution in [0.3, 0.4) is 0 Å². The first-order valence-corrected chi connectivity index (χ1v) is 11.5. The molecule has 0 aliphatic carbocycles. The van der Waals surface area contributed by atoms with Crippen molar-refractivity contribution in [1.29, 1.82) is 0 Å². The quantitative estimate of drug-likeness (QED) is 0.255. The summed E-state index contributed by atoms with van der Waals surface area (Å²) in [6.07, 6.45) is 2.09. The molecule has 146 valence electrons. The second-order valence-corrected chi connectivity index (χ2v) is 8.94. The molecule has 1 aliphatic rings. The van der Waals surface area contributed by atoms with E-state index in [-0.39, 0.29) is 0 Å². The average molecular weight is 413 g/mol. The van der Waals surface area contributed by atoms with E-state index in [0.29, 0.717) is 16.6 Å². The number of ether oxygens (including phenoxy) is 1. The zero-order valence-electron chi connectivity index (χ0n) is 15.7. The highest BCUT2D eigenvalue weighted by molar-refractivity contribution is 7.80. The van der Waals surface area contributed by atoms with Gasteiger partial charge in [0.15, 0.2) is 5.11 Å². The van der Waals surface area contributed by atoms with Crippen molar-refractivity contribution in [1.82, 2.24) is 15.9 Å². The van der Waals surface area contributed by atoms with Crippen LogP contribution in [-0.4, -0.2) is 11.7 Å². The van der Waals surface area contributed by atoms with Crippen LogP contribution in [0.1, 0.15) is 30.9 Å². The lowest BCUT2D eigenvalue weighted by Gasteiger charge is -2.24. The van der Waals surface area contributed by atoms with Crippen LogP contribution in [0.15, 0.2) is 72.3 Å².